The lowest BCUT2D eigenvalue weighted by Gasteiger charge is -2.34. The lowest BCUT2D eigenvalue weighted by Crippen LogP contribution is -2.50. The molecule has 0 aromatic rings. The molecule has 1 saturated carbocycles. The zero-order valence-electron chi connectivity index (χ0n) is 10.6. The molecule has 104 valence electrons. The molecule has 1 unspecified atom stereocenters. The second-order valence-electron chi connectivity index (χ2n) is 4.94. The standard InChI is InChI=1S/C11H20N2O4S/c1-17-11(14)8-10-4-2-3-7-13(10)18(15,16)12-9-5-6-9/h9-10,12H,2-8H2,1H3. The van der Waals surface area contributed by atoms with Crippen molar-refractivity contribution in [1.29, 1.82) is 0 Å². The predicted molar refractivity (Wildman–Crippen MR) is 66.1 cm³/mol. The number of nitrogens with zero attached hydrogens (tertiary/aromatic N) is 1. The van der Waals surface area contributed by atoms with Crippen LogP contribution in [0.1, 0.15) is 38.5 Å². The van der Waals surface area contributed by atoms with Gasteiger partial charge in [-0.05, 0) is 25.7 Å². The van der Waals surface area contributed by atoms with Gasteiger partial charge < -0.3 is 4.74 Å². The normalized spacial score (nSPS) is 25.9. The summed E-state index contributed by atoms with van der Waals surface area (Å²) in [6.07, 6.45) is 4.49. The summed E-state index contributed by atoms with van der Waals surface area (Å²) in [6, 6.07) is -0.168. The molecule has 0 aromatic heterocycles. The van der Waals surface area contributed by atoms with Gasteiger partial charge in [-0.2, -0.15) is 17.4 Å². The fourth-order valence-electron chi connectivity index (χ4n) is 2.25. The average molecular weight is 276 g/mol. The number of esters is 1. The summed E-state index contributed by atoms with van der Waals surface area (Å²) in [5, 5.41) is 0. The minimum atomic E-state index is -3.45. The van der Waals surface area contributed by atoms with Crippen molar-refractivity contribution in [3.63, 3.8) is 0 Å². The number of rotatable bonds is 5. The van der Waals surface area contributed by atoms with Crippen LogP contribution in [0.4, 0.5) is 0 Å². The smallest absolute Gasteiger partial charge is 0.307 e. The first-order chi connectivity index (χ1) is 8.53. The van der Waals surface area contributed by atoms with E-state index in [9.17, 15) is 13.2 Å². The van der Waals surface area contributed by atoms with Crippen LogP contribution in [-0.4, -0.2) is 44.4 Å². The molecule has 1 saturated heterocycles. The van der Waals surface area contributed by atoms with Crippen molar-refractivity contribution in [2.75, 3.05) is 13.7 Å². The Hall–Kier alpha value is -0.660. The molecule has 2 rings (SSSR count). The van der Waals surface area contributed by atoms with E-state index in [2.05, 4.69) is 9.46 Å². The zero-order valence-corrected chi connectivity index (χ0v) is 11.4. The molecular formula is C11H20N2O4S. The van der Waals surface area contributed by atoms with E-state index in [0.29, 0.717) is 6.54 Å². The minimum absolute atomic E-state index is 0.0932. The number of nitrogens with one attached hydrogen (secondary N) is 1. The Kier molecular flexibility index (Phi) is 4.24. The molecule has 6 nitrogen and oxygen atoms in total. The van der Waals surface area contributed by atoms with Crippen molar-refractivity contribution in [2.45, 2.75) is 50.6 Å². The molecule has 2 aliphatic rings. The van der Waals surface area contributed by atoms with Crippen molar-refractivity contribution < 1.29 is 17.9 Å². The number of hydrogen-bond acceptors (Lipinski definition) is 4. The third kappa shape index (κ3) is 3.43. The summed E-state index contributed by atoms with van der Waals surface area (Å²) in [7, 11) is -2.12. The number of carbonyl (C=O) groups is 1. The Labute approximate surface area is 108 Å². The van der Waals surface area contributed by atoms with Gasteiger partial charge in [0.1, 0.15) is 0 Å². The van der Waals surface area contributed by atoms with Gasteiger partial charge in [0.15, 0.2) is 0 Å². The fourth-order valence-corrected chi connectivity index (χ4v) is 3.98. The van der Waals surface area contributed by atoms with E-state index < -0.39 is 10.2 Å². The van der Waals surface area contributed by atoms with E-state index in [4.69, 9.17) is 0 Å². The van der Waals surface area contributed by atoms with Crippen molar-refractivity contribution in [2.24, 2.45) is 0 Å². The fraction of sp³-hybridized carbons (Fsp3) is 0.909. The van der Waals surface area contributed by atoms with E-state index in [1.165, 1.54) is 11.4 Å². The molecule has 0 aromatic carbocycles. The highest BCUT2D eigenvalue weighted by molar-refractivity contribution is 7.87. The Morgan fingerprint density at radius 1 is 1.33 bits per heavy atom. The third-order valence-electron chi connectivity index (χ3n) is 3.40. The van der Waals surface area contributed by atoms with Crippen LogP contribution < -0.4 is 4.72 Å². The van der Waals surface area contributed by atoms with E-state index in [0.717, 1.165) is 32.1 Å². The van der Waals surface area contributed by atoms with Gasteiger partial charge in [-0.3, -0.25) is 4.79 Å². The molecule has 1 atom stereocenters. The van der Waals surface area contributed by atoms with Crippen LogP contribution in [-0.2, 0) is 19.7 Å². The van der Waals surface area contributed by atoms with Crippen LogP contribution in [0.15, 0.2) is 0 Å². The Morgan fingerprint density at radius 2 is 2.06 bits per heavy atom. The SMILES string of the molecule is COC(=O)CC1CCCCN1S(=O)(=O)NC1CC1. The van der Waals surface area contributed by atoms with Crippen molar-refractivity contribution in [1.82, 2.24) is 9.03 Å². The van der Waals surface area contributed by atoms with Crippen molar-refractivity contribution >= 4 is 16.2 Å². The highest BCUT2D eigenvalue weighted by Gasteiger charge is 2.37. The quantitative estimate of drug-likeness (QED) is 0.738. The first kappa shape index (κ1) is 13.8. The van der Waals surface area contributed by atoms with Gasteiger partial charge in [0.25, 0.3) is 10.2 Å². The van der Waals surface area contributed by atoms with Crippen LogP contribution in [0.2, 0.25) is 0 Å². The summed E-state index contributed by atoms with van der Waals surface area (Å²) in [5.41, 5.74) is 0. The van der Waals surface area contributed by atoms with E-state index >= 15 is 0 Å². The molecule has 18 heavy (non-hydrogen) atoms. The van der Waals surface area contributed by atoms with Gasteiger partial charge in [-0.1, -0.05) is 6.42 Å². The third-order valence-corrected chi connectivity index (χ3v) is 5.13. The van der Waals surface area contributed by atoms with Crippen LogP contribution in [0.5, 0.6) is 0 Å². The number of piperidine rings is 1. The molecule has 2 fully saturated rings. The summed E-state index contributed by atoms with van der Waals surface area (Å²) >= 11 is 0. The molecular weight excluding hydrogens is 256 g/mol. The zero-order chi connectivity index (χ0) is 13.2. The highest BCUT2D eigenvalue weighted by atomic mass is 32.2. The highest BCUT2D eigenvalue weighted by Crippen LogP contribution is 2.26. The van der Waals surface area contributed by atoms with Crippen molar-refractivity contribution in [3.05, 3.63) is 0 Å². The van der Waals surface area contributed by atoms with Gasteiger partial charge in [0.05, 0.1) is 13.5 Å². The minimum Gasteiger partial charge on any atom is -0.469 e. The molecule has 0 spiro atoms. The molecule has 1 N–H and O–H groups in total. The Bertz CT molecular complexity index is 405. The van der Waals surface area contributed by atoms with Gasteiger partial charge >= 0.3 is 5.97 Å². The first-order valence-electron chi connectivity index (χ1n) is 6.39. The summed E-state index contributed by atoms with van der Waals surface area (Å²) in [5.74, 6) is -0.353. The lowest BCUT2D eigenvalue weighted by molar-refractivity contribution is -0.141. The predicted octanol–water partition coefficient (Wildman–Crippen LogP) is 0.401. The molecule has 7 heteroatoms. The number of ether oxygens (including phenoxy) is 1. The first-order valence-corrected chi connectivity index (χ1v) is 7.83. The molecule has 0 bridgehead atoms. The molecule has 1 aliphatic heterocycles. The topological polar surface area (TPSA) is 75.7 Å². The van der Waals surface area contributed by atoms with Crippen LogP contribution in [0, 0.1) is 0 Å². The number of hydrogen-bond donors (Lipinski definition) is 1. The van der Waals surface area contributed by atoms with Crippen LogP contribution >= 0.6 is 0 Å². The maximum Gasteiger partial charge on any atom is 0.307 e. The molecule has 0 amide bonds. The number of carbonyl (C=O) groups excluding carboxylic acids is 1. The molecule has 0 radical (unpaired) electrons. The van der Waals surface area contributed by atoms with Gasteiger partial charge in [0, 0.05) is 18.6 Å². The van der Waals surface area contributed by atoms with Crippen molar-refractivity contribution in [3.8, 4) is 0 Å². The van der Waals surface area contributed by atoms with Crippen LogP contribution in [0.3, 0.4) is 0 Å². The summed E-state index contributed by atoms with van der Waals surface area (Å²) in [4.78, 5) is 11.3. The second kappa shape index (κ2) is 5.54. The Morgan fingerprint density at radius 3 is 2.67 bits per heavy atom. The largest absolute Gasteiger partial charge is 0.469 e. The maximum atomic E-state index is 12.2. The lowest BCUT2D eigenvalue weighted by atomic mass is 10.0. The van der Waals surface area contributed by atoms with E-state index in [1.54, 1.807) is 0 Å². The number of methoxy groups -OCH3 is 1. The molecule has 1 heterocycles. The van der Waals surface area contributed by atoms with E-state index in [1.807, 2.05) is 0 Å². The summed E-state index contributed by atoms with van der Waals surface area (Å²) in [6.45, 7) is 0.490. The van der Waals surface area contributed by atoms with E-state index in [-0.39, 0.29) is 24.5 Å². The monoisotopic (exact) mass is 276 g/mol. The second-order valence-corrected chi connectivity index (χ2v) is 6.59. The average Bonchev–Trinajstić information content (AvgIpc) is 3.12. The Balaban J connectivity index is 2.03. The summed E-state index contributed by atoms with van der Waals surface area (Å²) < 4.78 is 33.1. The van der Waals surface area contributed by atoms with Gasteiger partial charge in [0.2, 0.25) is 0 Å². The van der Waals surface area contributed by atoms with Gasteiger partial charge in [-0.15, -0.1) is 0 Å². The maximum absolute atomic E-state index is 12.2. The molecule has 1 aliphatic carbocycles. The van der Waals surface area contributed by atoms with Gasteiger partial charge in [-0.25, -0.2) is 0 Å². The van der Waals surface area contributed by atoms with Crippen LogP contribution in [0.25, 0.3) is 0 Å².